The van der Waals surface area contributed by atoms with Crippen LogP contribution in [0.15, 0.2) is 49.1 Å². The van der Waals surface area contributed by atoms with E-state index in [1.165, 1.54) is 22.5 Å². The molecule has 0 spiro atoms. The Morgan fingerprint density at radius 1 is 1.12 bits per heavy atom. The number of benzene rings is 1. The Morgan fingerprint density at radius 2 is 2.00 bits per heavy atom. The third-order valence-corrected chi connectivity index (χ3v) is 4.64. The Bertz CT molecular complexity index is 884. The summed E-state index contributed by atoms with van der Waals surface area (Å²) in [5.41, 5.74) is 4.99. The number of hydrogen-bond donors (Lipinski definition) is 1. The second-order valence-corrected chi connectivity index (χ2v) is 6.54. The molecule has 0 bridgehead atoms. The molecule has 1 N–H and O–H groups in total. The van der Waals surface area contributed by atoms with Gasteiger partial charge in [-0.25, -0.2) is 9.97 Å². The highest BCUT2D eigenvalue weighted by molar-refractivity contribution is 7.71. The van der Waals surface area contributed by atoms with Gasteiger partial charge in [0.1, 0.15) is 0 Å². The summed E-state index contributed by atoms with van der Waals surface area (Å²) >= 11 is 5.11. The maximum atomic E-state index is 5.11. The lowest BCUT2D eigenvalue weighted by Crippen LogP contribution is -2.31. The Balaban J connectivity index is 1.48. The molecule has 3 heterocycles. The van der Waals surface area contributed by atoms with Gasteiger partial charge in [0, 0.05) is 56.3 Å². The number of hydrogen-bond acceptors (Lipinski definition) is 4. The molecule has 0 radical (unpaired) electrons. The Hall–Kier alpha value is -2.31. The highest BCUT2D eigenvalue weighted by Crippen LogP contribution is 2.18. The summed E-state index contributed by atoms with van der Waals surface area (Å²) < 4.78 is 2.80. The summed E-state index contributed by atoms with van der Waals surface area (Å²) in [6.45, 7) is 3.65. The molecule has 24 heavy (non-hydrogen) atoms. The highest BCUT2D eigenvalue weighted by atomic mass is 32.1. The third kappa shape index (κ3) is 3.29. The summed E-state index contributed by atoms with van der Waals surface area (Å²) in [6.07, 6.45) is 6.77. The Morgan fingerprint density at radius 3 is 2.88 bits per heavy atom. The molecule has 0 amide bonds. The molecule has 1 aliphatic heterocycles. The predicted molar refractivity (Wildman–Crippen MR) is 95.0 cm³/mol. The van der Waals surface area contributed by atoms with E-state index >= 15 is 0 Å². The molecular weight excluding hydrogens is 318 g/mol. The van der Waals surface area contributed by atoms with Crippen LogP contribution in [0.4, 0.5) is 0 Å². The minimum absolute atomic E-state index is 0.572. The Kier molecular flexibility index (Phi) is 4.23. The number of nitrogens with zero attached hydrogens (tertiary/aromatic N) is 4. The van der Waals surface area contributed by atoms with Crippen LogP contribution in [0.25, 0.3) is 0 Å². The minimum Gasteiger partial charge on any atom is -0.334 e. The van der Waals surface area contributed by atoms with Crippen LogP contribution in [-0.2, 0) is 26.1 Å². The quantitative estimate of drug-likeness (QED) is 0.744. The van der Waals surface area contributed by atoms with Crippen molar-refractivity contribution in [3.8, 4) is 0 Å². The SMILES string of the molecule is S=c1ncc2c([nH]1)CCN(Cc1cncn1Cc1ccccc1)C2. The molecule has 0 fully saturated rings. The number of aromatic nitrogens is 4. The first-order valence-electron chi connectivity index (χ1n) is 8.10. The van der Waals surface area contributed by atoms with Crippen molar-refractivity contribution >= 4 is 12.2 Å². The van der Waals surface area contributed by atoms with Gasteiger partial charge in [-0.2, -0.15) is 0 Å². The van der Waals surface area contributed by atoms with E-state index in [1.54, 1.807) is 0 Å². The second kappa shape index (κ2) is 6.67. The lowest BCUT2D eigenvalue weighted by atomic mass is 10.1. The van der Waals surface area contributed by atoms with Crippen molar-refractivity contribution in [2.24, 2.45) is 0 Å². The van der Waals surface area contributed by atoms with Crippen LogP contribution in [0, 0.1) is 4.77 Å². The van der Waals surface area contributed by atoms with Gasteiger partial charge < -0.3 is 9.55 Å². The first-order valence-corrected chi connectivity index (χ1v) is 8.51. The van der Waals surface area contributed by atoms with Gasteiger partial charge >= 0.3 is 0 Å². The fourth-order valence-electron chi connectivity index (χ4n) is 3.17. The number of aromatic amines is 1. The van der Waals surface area contributed by atoms with E-state index in [0.717, 1.165) is 32.6 Å². The average Bonchev–Trinajstić information content (AvgIpc) is 3.03. The fraction of sp³-hybridized carbons (Fsp3) is 0.278. The van der Waals surface area contributed by atoms with E-state index in [2.05, 4.69) is 48.7 Å². The molecule has 1 aliphatic rings. The molecular formula is C18H19N5S. The van der Waals surface area contributed by atoms with Crippen LogP contribution < -0.4 is 0 Å². The summed E-state index contributed by atoms with van der Waals surface area (Å²) in [5, 5.41) is 0. The molecule has 0 atom stereocenters. The third-order valence-electron chi connectivity index (χ3n) is 4.43. The van der Waals surface area contributed by atoms with Gasteiger partial charge in [-0.3, -0.25) is 4.90 Å². The normalized spacial score (nSPS) is 14.5. The van der Waals surface area contributed by atoms with Crippen molar-refractivity contribution in [2.75, 3.05) is 6.54 Å². The zero-order valence-corrected chi connectivity index (χ0v) is 14.2. The zero-order chi connectivity index (χ0) is 16.4. The molecule has 0 saturated heterocycles. The topological polar surface area (TPSA) is 49.7 Å². The second-order valence-electron chi connectivity index (χ2n) is 6.15. The summed E-state index contributed by atoms with van der Waals surface area (Å²) in [4.78, 5) is 14.2. The zero-order valence-electron chi connectivity index (χ0n) is 13.4. The first kappa shape index (κ1) is 15.2. The van der Waals surface area contributed by atoms with E-state index in [1.807, 2.05) is 24.8 Å². The fourth-order valence-corrected chi connectivity index (χ4v) is 3.35. The van der Waals surface area contributed by atoms with Gasteiger partial charge in [-0.05, 0) is 17.8 Å². The number of fused-ring (bicyclic) bond motifs is 1. The van der Waals surface area contributed by atoms with Crippen molar-refractivity contribution in [2.45, 2.75) is 26.1 Å². The molecule has 0 saturated carbocycles. The average molecular weight is 337 g/mol. The molecule has 5 nitrogen and oxygen atoms in total. The van der Waals surface area contributed by atoms with Crippen molar-refractivity contribution in [1.82, 2.24) is 24.4 Å². The molecule has 0 aliphatic carbocycles. The molecule has 2 aromatic heterocycles. The van der Waals surface area contributed by atoms with Gasteiger partial charge in [-0.1, -0.05) is 30.3 Å². The Labute approximate surface area is 146 Å². The van der Waals surface area contributed by atoms with Crippen LogP contribution in [0.2, 0.25) is 0 Å². The summed E-state index contributed by atoms with van der Waals surface area (Å²) in [6, 6.07) is 10.5. The molecule has 122 valence electrons. The monoisotopic (exact) mass is 337 g/mol. The predicted octanol–water partition coefficient (Wildman–Crippen LogP) is 2.94. The van der Waals surface area contributed by atoms with E-state index < -0.39 is 0 Å². The van der Waals surface area contributed by atoms with E-state index in [0.29, 0.717) is 4.77 Å². The van der Waals surface area contributed by atoms with Crippen molar-refractivity contribution < 1.29 is 0 Å². The molecule has 4 rings (SSSR count). The van der Waals surface area contributed by atoms with Crippen LogP contribution >= 0.6 is 12.2 Å². The molecule has 3 aromatic rings. The number of nitrogens with one attached hydrogen (secondary N) is 1. The standard InChI is InChI=1S/C18H19N5S/c24-18-20-8-15-11-22(7-6-17(15)21-18)12-16-9-19-13-23(16)10-14-4-2-1-3-5-14/h1-5,8-9,13H,6-7,10-12H2,(H,20,21,24). The highest BCUT2D eigenvalue weighted by Gasteiger charge is 2.18. The lowest BCUT2D eigenvalue weighted by molar-refractivity contribution is 0.237. The lowest BCUT2D eigenvalue weighted by Gasteiger charge is -2.28. The smallest absolute Gasteiger partial charge is 0.196 e. The summed E-state index contributed by atoms with van der Waals surface area (Å²) in [7, 11) is 0. The van der Waals surface area contributed by atoms with Gasteiger partial charge in [0.2, 0.25) is 0 Å². The van der Waals surface area contributed by atoms with Gasteiger partial charge in [-0.15, -0.1) is 0 Å². The van der Waals surface area contributed by atoms with Crippen molar-refractivity contribution in [3.63, 3.8) is 0 Å². The first-order chi connectivity index (χ1) is 11.8. The number of H-pyrrole nitrogens is 1. The van der Waals surface area contributed by atoms with E-state index in [-0.39, 0.29) is 0 Å². The largest absolute Gasteiger partial charge is 0.334 e. The number of imidazole rings is 1. The van der Waals surface area contributed by atoms with Gasteiger partial charge in [0.25, 0.3) is 0 Å². The molecule has 6 heteroatoms. The van der Waals surface area contributed by atoms with Gasteiger partial charge in [0.05, 0.1) is 12.0 Å². The maximum absolute atomic E-state index is 5.11. The summed E-state index contributed by atoms with van der Waals surface area (Å²) in [5.74, 6) is 0. The van der Waals surface area contributed by atoms with Crippen LogP contribution in [0.1, 0.15) is 22.5 Å². The van der Waals surface area contributed by atoms with Crippen LogP contribution in [0.5, 0.6) is 0 Å². The van der Waals surface area contributed by atoms with E-state index in [4.69, 9.17) is 12.2 Å². The van der Waals surface area contributed by atoms with Gasteiger partial charge in [0.15, 0.2) is 4.77 Å². The van der Waals surface area contributed by atoms with E-state index in [9.17, 15) is 0 Å². The van der Waals surface area contributed by atoms with Crippen LogP contribution in [0.3, 0.4) is 0 Å². The number of rotatable bonds is 4. The molecule has 0 unspecified atom stereocenters. The van der Waals surface area contributed by atoms with Crippen molar-refractivity contribution in [1.29, 1.82) is 0 Å². The molecule has 1 aromatic carbocycles. The minimum atomic E-state index is 0.572. The van der Waals surface area contributed by atoms with Crippen LogP contribution in [-0.4, -0.2) is 31.0 Å². The maximum Gasteiger partial charge on any atom is 0.196 e. The van der Waals surface area contributed by atoms with Crippen molar-refractivity contribution in [3.05, 3.63) is 76.3 Å².